The van der Waals surface area contributed by atoms with E-state index in [4.69, 9.17) is 4.74 Å². The minimum absolute atomic E-state index is 0.431. The SMILES string of the molecule is O=C(O)C(OCCCc1ccccc1)c1ccccc1. The third-order valence-corrected chi connectivity index (χ3v) is 3.06. The van der Waals surface area contributed by atoms with Crippen LogP contribution in [0.1, 0.15) is 23.7 Å². The van der Waals surface area contributed by atoms with Crippen molar-refractivity contribution < 1.29 is 14.6 Å². The minimum atomic E-state index is -0.948. The lowest BCUT2D eigenvalue weighted by atomic mass is 10.1. The molecule has 20 heavy (non-hydrogen) atoms. The molecule has 0 saturated carbocycles. The summed E-state index contributed by atoms with van der Waals surface area (Å²) in [6.45, 7) is 0.431. The Morgan fingerprint density at radius 3 is 2.20 bits per heavy atom. The molecule has 0 aromatic heterocycles. The second-order valence-electron chi connectivity index (χ2n) is 4.59. The minimum Gasteiger partial charge on any atom is -0.479 e. The largest absolute Gasteiger partial charge is 0.479 e. The number of hydrogen-bond donors (Lipinski definition) is 1. The number of aliphatic carboxylic acids is 1. The van der Waals surface area contributed by atoms with Crippen molar-refractivity contribution in [2.75, 3.05) is 6.61 Å². The second kappa shape index (κ2) is 7.46. The van der Waals surface area contributed by atoms with E-state index >= 15 is 0 Å². The lowest BCUT2D eigenvalue weighted by Gasteiger charge is -2.13. The van der Waals surface area contributed by atoms with Crippen LogP contribution in [0.2, 0.25) is 0 Å². The van der Waals surface area contributed by atoms with E-state index in [1.165, 1.54) is 5.56 Å². The van der Waals surface area contributed by atoms with Gasteiger partial charge in [0.2, 0.25) is 0 Å². The number of carboxylic acid groups (broad SMARTS) is 1. The normalized spacial score (nSPS) is 12.0. The molecule has 104 valence electrons. The number of carbonyl (C=O) groups is 1. The van der Waals surface area contributed by atoms with Crippen molar-refractivity contribution in [1.82, 2.24) is 0 Å². The molecule has 1 N–H and O–H groups in total. The Bertz CT molecular complexity index is 522. The van der Waals surface area contributed by atoms with E-state index in [9.17, 15) is 9.90 Å². The number of aryl methyl sites for hydroxylation is 1. The van der Waals surface area contributed by atoms with Crippen LogP contribution in [-0.4, -0.2) is 17.7 Å². The summed E-state index contributed by atoms with van der Waals surface area (Å²) in [4.78, 5) is 11.2. The van der Waals surface area contributed by atoms with Crippen molar-refractivity contribution in [1.29, 1.82) is 0 Å². The molecule has 2 aromatic carbocycles. The molecular formula is C17H18O3. The molecule has 0 bridgehead atoms. The van der Waals surface area contributed by atoms with Gasteiger partial charge in [-0.15, -0.1) is 0 Å². The first-order chi connectivity index (χ1) is 9.77. The molecule has 0 radical (unpaired) electrons. The van der Waals surface area contributed by atoms with Crippen molar-refractivity contribution in [3.63, 3.8) is 0 Å². The summed E-state index contributed by atoms with van der Waals surface area (Å²) in [5, 5.41) is 9.22. The maximum absolute atomic E-state index is 11.2. The molecular weight excluding hydrogens is 252 g/mol. The third kappa shape index (κ3) is 4.21. The van der Waals surface area contributed by atoms with Crippen LogP contribution in [-0.2, 0) is 16.0 Å². The van der Waals surface area contributed by atoms with E-state index in [1.54, 1.807) is 12.1 Å². The lowest BCUT2D eigenvalue weighted by Crippen LogP contribution is -2.16. The topological polar surface area (TPSA) is 46.5 Å². The average molecular weight is 270 g/mol. The third-order valence-electron chi connectivity index (χ3n) is 3.06. The zero-order valence-electron chi connectivity index (χ0n) is 11.2. The van der Waals surface area contributed by atoms with Gasteiger partial charge in [0.1, 0.15) is 0 Å². The Labute approximate surface area is 118 Å². The van der Waals surface area contributed by atoms with Crippen molar-refractivity contribution in [2.45, 2.75) is 18.9 Å². The predicted molar refractivity (Wildman–Crippen MR) is 77.5 cm³/mol. The fourth-order valence-electron chi connectivity index (χ4n) is 2.06. The maximum atomic E-state index is 11.2. The van der Waals surface area contributed by atoms with Crippen LogP contribution >= 0.6 is 0 Å². The van der Waals surface area contributed by atoms with Crippen molar-refractivity contribution in [2.24, 2.45) is 0 Å². The van der Waals surface area contributed by atoms with E-state index in [1.807, 2.05) is 36.4 Å². The molecule has 3 heteroatoms. The molecule has 0 saturated heterocycles. The van der Waals surface area contributed by atoms with Crippen LogP contribution in [0.4, 0.5) is 0 Å². The van der Waals surface area contributed by atoms with Crippen molar-refractivity contribution in [3.05, 3.63) is 71.8 Å². The Morgan fingerprint density at radius 1 is 1.00 bits per heavy atom. The molecule has 3 nitrogen and oxygen atoms in total. The Kier molecular flexibility index (Phi) is 5.33. The molecule has 2 rings (SSSR count). The number of hydrogen-bond acceptors (Lipinski definition) is 2. The van der Waals surface area contributed by atoms with Gasteiger partial charge in [0.25, 0.3) is 0 Å². The first-order valence-electron chi connectivity index (χ1n) is 6.70. The predicted octanol–water partition coefficient (Wildman–Crippen LogP) is 3.46. The lowest BCUT2D eigenvalue weighted by molar-refractivity contribution is -0.151. The fourth-order valence-corrected chi connectivity index (χ4v) is 2.06. The van der Waals surface area contributed by atoms with Gasteiger partial charge in [-0.25, -0.2) is 4.79 Å². The number of carboxylic acids is 1. The van der Waals surface area contributed by atoms with Gasteiger partial charge in [-0.3, -0.25) is 0 Å². The molecule has 0 amide bonds. The summed E-state index contributed by atoms with van der Waals surface area (Å²) >= 11 is 0. The van der Waals surface area contributed by atoms with Gasteiger partial charge in [-0.05, 0) is 24.0 Å². The van der Waals surface area contributed by atoms with Gasteiger partial charge in [-0.1, -0.05) is 60.7 Å². The van der Waals surface area contributed by atoms with Gasteiger partial charge >= 0.3 is 5.97 Å². The van der Waals surface area contributed by atoms with Crippen molar-refractivity contribution >= 4 is 5.97 Å². The highest BCUT2D eigenvalue weighted by Gasteiger charge is 2.19. The summed E-state index contributed by atoms with van der Waals surface area (Å²) in [6, 6.07) is 19.1. The highest BCUT2D eigenvalue weighted by molar-refractivity contribution is 5.74. The molecule has 0 spiro atoms. The van der Waals surface area contributed by atoms with Crippen LogP contribution in [0, 0.1) is 0 Å². The molecule has 1 atom stereocenters. The molecule has 0 heterocycles. The van der Waals surface area contributed by atoms with Crippen LogP contribution in [0.25, 0.3) is 0 Å². The smallest absolute Gasteiger partial charge is 0.337 e. The number of rotatable bonds is 7. The van der Waals surface area contributed by atoms with Crippen LogP contribution in [0.5, 0.6) is 0 Å². The quantitative estimate of drug-likeness (QED) is 0.784. The van der Waals surface area contributed by atoms with Gasteiger partial charge in [0, 0.05) is 6.61 Å². The summed E-state index contributed by atoms with van der Waals surface area (Å²) in [5.41, 5.74) is 1.92. The Hall–Kier alpha value is -2.13. The molecule has 0 aliphatic heterocycles. The van der Waals surface area contributed by atoms with E-state index in [2.05, 4.69) is 12.1 Å². The van der Waals surface area contributed by atoms with E-state index in [0.29, 0.717) is 12.2 Å². The molecule has 0 aliphatic rings. The van der Waals surface area contributed by atoms with E-state index in [-0.39, 0.29) is 0 Å². The summed E-state index contributed by atoms with van der Waals surface area (Å²) in [7, 11) is 0. The van der Waals surface area contributed by atoms with Gasteiger partial charge in [0.05, 0.1) is 0 Å². The summed E-state index contributed by atoms with van der Waals surface area (Å²) < 4.78 is 5.51. The first kappa shape index (κ1) is 14.3. The second-order valence-corrected chi connectivity index (χ2v) is 4.59. The monoisotopic (exact) mass is 270 g/mol. The molecule has 1 unspecified atom stereocenters. The van der Waals surface area contributed by atoms with E-state index in [0.717, 1.165) is 12.8 Å². The van der Waals surface area contributed by atoms with Gasteiger partial charge in [-0.2, -0.15) is 0 Å². The molecule has 0 aliphatic carbocycles. The van der Waals surface area contributed by atoms with Gasteiger partial charge in [0.15, 0.2) is 6.10 Å². The number of benzene rings is 2. The maximum Gasteiger partial charge on any atom is 0.337 e. The highest BCUT2D eigenvalue weighted by Crippen LogP contribution is 2.17. The van der Waals surface area contributed by atoms with E-state index < -0.39 is 12.1 Å². The summed E-state index contributed by atoms with van der Waals surface area (Å²) in [5.74, 6) is -0.948. The van der Waals surface area contributed by atoms with Gasteiger partial charge < -0.3 is 9.84 Å². The first-order valence-corrected chi connectivity index (χ1v) is 6.70. The van der Waals surface area contributed by atoms with Crippen molar-refractivity contribution in [3.8, 4) is 0 Å². The Balaban J connectivity index is 1.83. The highest BCUT2D eigenvalue weighted by atomic mass is 16.5. The number of ether oxygens (including phenoxy) is 1. The summed E-state index contributed by atoms with van der Waals surface area (Å²) in [6.07, 6.45) is 0.815. The zero-order chi connectivity index (χ0) is 14.2. The fraction of sp³-hybridized carbons (Fsp3) is 0.235. The van der Waals surface area contributed by atoms with Crippen LogP contribution in [0.15, 0.2) is 60.7 Å². The molecule has 2 aromatic rings. The zero-order valence-corrected chi connectivity index (χ0v) is 11.2. The van der Waals surface area contributed by atoms with Crippen LogP contribution < -0.4 is 0 Å². The standard InChI is InChI=1S/C17H18O3/c18-17(19)16(15-11-5-2-6-12-15)20-13-7-10-14-8-3-1-4-9-14/h1-6,8-9,11-12,16H,7,10,13H2,(H,18,19). The van der Waals surface area contributed by atoms with Crippen LogP contribution in [0.3, 0.4) is 0 Å². The Morgan fingerprint density at radius 2 is 1.60 bits per heavy atom. The average Bonchev–Trinajstić information content (AvgIpc) is 2.49. The molecule has 0 fully saturated rings.